The van der Waals surface area contributed by atoms with Crippen molar-refractivity contribution in [3.63, 3.8) is 0 Å². The van der Waals surface area contributed by atoms with Crippen LogP contribution in [0, 0.1) is 5.82 Å². The summed E-state index contributed by atoms with van der Waals surface area (Å²) < 4.78 is 18.7. The molecule has 0 saturated heterocycles. The molecule has 0 bridgehead atoms. The van der Waals surface area contributed by atoms with Crippen LogP contribution >= 0.6 is 12.4 Å². The van der Waals surface area contributed by atoms with Crippen molar-refractivity contribution in [2.75, 3.05) is 5.32 Å². The van der Waals surface area contributed by atoms with E-state index in [1.54, 1.807) is 24.3 Å². The van der Waals surface area contributed by atoms with Gasteiger partial charge >= 0.3 is 6.03 Å². The zero-order valence-electron chi connectivity index (χ0n) is 14.8. The number of benzene rings is 3. The number of halogens is 2. The standard InChI is InChI=1S/C21H16FN3O2.ClH/c22-16-6-4-14(5-7-16)13-27-18-3-1-2-15(10-18)12-23-17-8-9-19-20(11-17)25-21(26)24-19;/h1-11,23H,12-13H2;1H. The lowest BCUT2D eigenvalue weighted by atomic mass is 10.2. The van der Waals surface area contributed by atoms with Crippen molar-refractivity contribution in [2.24, 2.45) is 9.98 Å². The summed E-state index contributed by atoms with van der Waals surface area (Å²) in [5.74, 6) is 0.483. The number of ether oxygens (including phenoxy) is 1. The average molecular weight is 398 g/mol. The number of amides is 2. The van der Waals surface area contributed by atoms with E-state index in [-0.39, 0.29) is 18.2 Å². The Morgan fingerprint density at radius 2 is 1.68 bits per heavy atom. The number of hydrogen-bond donors (Lipinski definition) is 1. The average Bonchev–Trinajstić information content (AvgIpc) is 3.05. The van der Waals surface area contributed by atoms with Gasteiger partial charge in [0, 0.05) is 12.2 Å². The van der Waals surface area contributed by atoms with Crippen LogP contribution in [0.4, 0.5) is 14.9 Å². The molecule has 0 radical (unpaired) electrons. The van der Waals surface area contributed by atoms with Gasteiger partial charge in [-0.2, -0.15) is 9.98 Å². The summed E-state index contributed by atoms with van der Waals surface area (Å²) in [6.45, 7) is 0.971. The first-order valence-corrected chi connectivity index (χ1v) is 8.47. The number of carbonyl (C=O) groups excluding carboxylic acids is 1. The Morgan fingerprint density at radius 3 is 2.50 bits per heavy atom. The molecule has 7 heteroatoms. The molecule has 1 aliphatic heterocycles. The smallest absolute Gasteiger partial charge is 0.368 e. The van der Waals surface area contributed by atoms with Gasteiger partial charge < -0.3 is 10.1 Å². The fourth-order valence-corrected chi connectivity index (χ4v) is 2.75. The Kier molecular flexibility index (Phi) is 6.01. The second-order valence-electron chi connectivity index (χ2n) is 6.13. The van der Waals surface area contributed by atoms with Gasteiger partial charge in [0.1, 0.15) is 18.2 Å². The molecule has 28 heavy (non-hydrogen) atoms. The molecule has 0 spiro atoms. The molecule has 1 aliphatic rings. The van der Waals surface area contributed by atoms with E-state index in [9.17, 15) is 9.18 Å². The Balaban J connectivity index is 0.00000225. The van der Waals surface area contributed by atoms with Crippen LogP contribution in [0.3, 0.4) is 0 Å². The zero-order chi connectivity index (χ0) is 18.6. The molecule has 2 amide bonds. The van der Waals surface area contributed by atoms with Crippen molar-refractivity contribution in [1.82, 2.24) is 0 Å². The van der Waals surface area contributed by atoms with Crippen molar-refractivity contribution in [1.29, 1.82) is 0 Å². The van der Waals surface area contributed by atoms with Gasteiger partial charge in [-0.3, -0.25) is 0 Å². The monoisotopic (exact) mass is 397 g/mol. The summed E-state index contributed by atoms with van der Waals surface area (Å²) in [5.41, 5.74) is 2.81. The maximum absolute atomic E-state index is 12.9. The number of rotatable bonds is 6. The van der Waals surface area contributed by atoms with Crippen molar-refractivity contribution < 1.29 is 13.9 Å². The first-order valence-electron chi connectivity index (χ1n) is 8.47. The minimum atomic E-state index is -0.465. The highest BCUT2D eigenvalue weighted by Crippen LogP contribution is 2.16. The Morgan fingerprint density at radius 1 is 0.893 bits per heavy atom. The molecular weight excluding hydrogens is 381 g/mol. The quantitative estimate of drug-likeness (QED) is 0.688. The van der Waals surface area contributed by atoms with E-state index in [0.717, 1.165) is 22.6 Å². The Hall–Kier alpha value is -3.25. The highest BCUT2D eigenvalue weighted by molar-refractivity contribution is 5.85. The van der Waals surface area contributed by atoms with Crippen LogP contribution in [0.15, 0.2) is 76.7 Å². The minimum Gasteiger partial charge on any atom is -0.489 e. The maximum Gasteiger partial charge on any atom is 0.368 e. The van der Waals surface area contributed by atoms with Gasteiger partial charge in [0.2, 0.25) is 0 Å². The molecule has 0 aromatic heterocycles. The van der Waals surface area contributed by atoms with E-state index < -0.39 is 6.03 Å². The van der Waals surface area contributed by atoms with Crippen LogP contribution in [0.1, 0.15) is 11.1 Å². The molecule has 1 heterocycles. The number of nitrogens with zero attached hydrogens (tertiary/aromatic N) is 2. The van der Waals surface area contributed by atoms with Crippen LogP contribution in [0.25, 0.3) is 0 Å². The van der Waals surface area contributed by atoms with E-state index in [1.807, 2.05) is 30.3 Å². The molecule has 0 saturated carbocycles. The molecular formula is C21H17ClFN3O2. The molecule has 0 aliphatic carbocycles. The first-order chi connectivity index (χ1) is 13.2. The fourth-order valence-electron chi connectivity index (χ4n) is 2.75. The molecule has 4 rings (SSSR count). The van der Waals surface area contributed by atoms with Gasteiger partial charge in [-0.25, -0.2) is 9.18 Å². The van der Waals surface area contributed by atoms with Gasteiger partial charge in [0.25, 0.3) is 0 Å². The molecule has 5 nitrogen and oxygen atoms in total. The van der Waals surface area contributed by atoms with Crippen LogP contribution in [0.5, 0.6) is 5.75 Å². The van der Waals surface area contributed by atoms with Gasteiger partial charge in [-0.1, -0.05) is 24.3 Å². The predicted octanol–water partition coefficient (Wildman–Crippen LogP) is 3.81. The van der Waals surface area contributed by atoms with E-state index >= 15 is 0 Å². The lowest BCUT2D eigenvalue weighted by molar-refractivity contribution is 0.256. The van der Waals surface area contributed by atoms with Gasteiger partial charge in [-0.05, 0) is 53.6 Å². The lowest BCUT2D eigenvalue weighted by Crippen LogP contribution is -2.21. The summed E-state index contributed by atoms with van der Waals surface area (Å²) in [5, 5.41) is 4.49. The second kappa shape index (κ2) is 8.63. The first kappa shape index (κ1) is 19.5. The van der Waals surface area contributed by atoms with Crippen molar-refractivity contribution in [2.45, 2.75) is 13.2 Å². The fraction of sp³-hybridized carbons (Fsp3) is 0.0952. The summed E-state index contributed by atoms with van der Waals surface area (Å²) in [6, 6.07) is 19.0. The summed E-state index contributed by atoms with van der Waals surface area (Å²) >= 11 is 0. The highest BCUT2D eigenvalue weighted by atomic mass is 35.5. The summed E-state index contributed by atoms with van der Waals surface area (Å²) in [6.07, 6.45) is 0. The Bertz CT molecular complexity index is 1120. The second-order valence-corrected chi connectivity index (χ2v) is 6.13. The molecule has 0 atom stereocenters. The SMILES string of the molecule is Cl.O=C1N=c2ccc(NCc3cccc(OCc4ccc(F)cc4)c3)cc2=N1. The topological polar surface area (TPSA) is 63.0 Å². The van der Waals surface area contributed by atoms with Gasteiger partial charge in [0.15, 0.2) is 0 Å². The van der Waals surface area contributed by atoms with Crippen molar-refractivity contribution in [3.8, 4) is 5.75 Å². The molecule has 1 N–H and O–H groups in total. The normalized spacial score (nSPS) is 11.7. The van der Waals surface area contributed by atoms with Gasteiger partial charge in [0.05, 0.1) is 10.7 Å². The minimum absolute atomic E-state index is 0. The highest BCUT2D eigenvalue weighted by Gasteiger charge is 2.05. The third-order valence-electron chi connectivity index (χ3n) is 4.12. The van der Waals surface area contributed by atoms with Crippen molar-refractivity contribution in [3.05, 3.63) is 94.4 Å². The molecule has 3 aromatic carbocycles. The number of hydrogen-bond acceptors (Lipinski definition) is 3. The van der Waals surface area contributed by atoms with E-state index in [2.05, 4.69) is 15.3 Å². The van der Waals surface area contributed by atoms with Crippen LogP contribution in [-0.4, -0.2) is 6.03 Å². The third-order valence-corrected chi connectivity index (χ3v) is 4.12. The van der Waals surface area contributed by atoms with Crippen molar-refractivity contribution >= 4 is 24.1 Å². The summed E-state index contributed by atoms with van der Waals surface area (Å²) in [4.78, 5) is 18.9. The van der Waals surface area contributed by atoms with E-state index in [1.165, 1.54) is 12.1 Å². The van der Waals surface area contributed by atoms with Crippen LogP contribution in [0.2, 0.25) is 0 Å². The number of fused-ring (bicyclic) bond motifs is 1. The Labute approximate surface area is 167 Å². The molecule has 3 aromatic rings. The third kappa shape index (κ3) is 4.72. The summed E-state index contributed by atoms with van der Waals surface area (Å²) in [7, 11) is 0. The number of carbonyl (C=O) groups is 1. The number of urea groups is 1. The van der Waals surface area contributed by atoms with E-state index in [0.29, 0.717) is 23.9 Å². The van der Waals surface area contributed by atoms with Gasteiger partial charge in [-0.15, -0.1) is 12.4 Å². The largest absolute Gasteiger partial charge is 0.489 e. The zero-order valence-corrected chi connectivity index (χ0v) is 15.6. The molecule has 0 unspecified atom stereocenters. The molecule has 142 valence electrons. The lowest BCUT2D eigenvalue weighted by Gasteiger charge is -2.10. The molecule has 0 fully saturated rings. The van der Waals surface area contributed by atoms with Crippen LogP contribution < -0.4 is 20.8 Å². The maximum atomic E-state index is 12.9. The number of nitrogens with one attached hydrogen (secondary N) is 1. The van der Waals surface area contributed by atoms with Crippen LogP contribution in [-0.2, 0) is 13.2 Å². The van der Waals surface area contributed by atoms with E-state index in [4.69, 9.17) is 4.74 Å². The number of anilines is 1. The predicted molar refractivity (Wildman–Crippen MR) is 106 cm³/mol.